The Morgan fingerprint density at radius 3 is 2.60 bits per heavy atom. The van der Waals surface area contributed by atoms with E-state index in [1.165, 1.54) is 0 Å². The summed E-state index contributed by atoms with van der Waals surface area (Å²) < 4.78 is 0. The Bertz CT molecular complexity index is 102. The average molecular weight is 233 g/mol. The van der Waals surface area contributed by atoms with Crippen molar-refractivity contribution in [2.24, 2.45) is 5.73 Å². The molecule has 0 fully saturated rings. The van der Waals surface area contributed by atoms with Gasteiger partial charge in [0.15, 0.2) is 0 Å². The smallest absolute Gasteiger partial charge is 0.147 e. The summed E-state index contributed by atoms with van der Waals surface area (Å²) >= 11 is 0.549. The van der Waals surface area contributed by atoms with Crippen molar-refractivity contribution in [2.45, 2.75) is 23.6 Å². The number of carboxylic acids is 1. The van der Waals surface area contributed by atoms with Crippen LogP contribution in [0.4, 0.5) is 0 Å². The van der Waals surface area contributed by atoms with Crippen LogP contribution in [0.15, 0.2) is 0 Å². The first-order valence-corrected chi connectivity index (χ1v) is 5.58. The van der Waals surface area contributed by atoms with E-state index >= 15 is 0 Å². The Balaban J connectivity index is 0. The number of hydrogen-bond donors (Lipinski definition) is 2. The van der Waals surface area contributed by atoms with Gasteiger partial charge in [-0.3, -0.25) is 0 Å². The second kappa shape index (κ2) is 7.35. The minimum atomic E-state index is -0.890. The first-order chi connectivity index (χ1) is 4.18. The van der Waals surface area contributed by atoms with Crippen LogP contribution in [0.1, 0.15) is 6.42 Å². The van der Waals surface area contributed by atoms with Gasteiger partial charge in [0.05, 0.1) is 0 Å². The molecule has 0 radical (unpaired) electrons. The molecule has 10 heavy (non-hydrogen) atoms. The number of hydrogen-bond acceptors (Lipinski definition) is 2. The minimum absolute atomic E-state index is 0. The fraction of sp³-hybridized carbons (Fsp3) is 0.800. The SMILES string of the molecule is C[Se]CCC(N)C(=O)O.Cl. The van der Waals surface area contributed by atoms with Crippen molar-refractivity contribution >= 4 is 33.3 Å². The Labute approximate surface area is 72.9 Å². The normalized spacial score (nSPS) is 11.8. The van der Waals surface area contributed by atoms with Crippen LogP contribution in [0.25, 0.3) is 0 Å². The Morgan fingerprint density at radius 1 is 1.80 bits per heavy atom. The number of rotatable bonds is 4. The number of nitrogens with two attached hydrogens (primary N) is 1. The summed E-state index contributed by atoms with van der Waals surface area (Å²) in [4.78, 5) is 10.1. The molecule has 0 heterocycles. The van der Waals surface area contributed by atoms with Gasteiger partial charge in [-0.05, 0) is 0 Å². The van der Waals surface area contributed by atoms with E-state index in [2.05, 4.69) is 5.82 Å². The molecule has 3 N–H and O–H groups in total. The third-order valence-electron chi connectivity index (χ3n) is 0.950. The number of carbonyl (C=O) groups is 1. The molecule has 0 rings (SSSR count). The van der Waals surface area contributed by atoms with Crippen molar-refractivity contribution < 1.29 is 9.90 Å². The molecule has 0 aliphatic rings. The summed E-state index contributed by atoms with van der Waals surface area (Å²) in [5.41, 5.74) is 5.21. The van der Waals surface area contributed by atoms with Crippen molar-refractivity contribution in [2.75, 3.05) is 0 Å². The standard InChI is InChI=1S/C5H11NO2Se.ClH/c1-9-3-2-4(6)5(7)8;/h4H,2-3,6H2,1H3,(H,7,8);1H. The number of carboxylic acid groups (broad SMARTS) is 1. The van der Waals surface area contributed by atoms with Crippen LogP contribution in [-0.4, -0.2) is 32.1 Å². The van der Waals surface area contributed by atoms with E-state index in [4.69, 9.17) is 10.8 Å². The largest absolute Gasteiger partial charge is 0.147 e. The van der Waals surface area contributed by atoms with E-state index in [1.807, 2.05) is 0 Å². The van der Waals surface area contributed by atoms with Gasteiger partial charge >= 0.3 is 60.2 Å². The van der Waals surface area contributed by atoms with E-state index < -0.39 is 12.0 Å². The zero-order chi connectivity index (χ0) is 7.28. The van der Waals surface area contributed by atoms with Crippen LogP contribution in [0.2, 0.25) is 11.1 Å². The molecule has 5 heteroatoms. The molecular formula is C5H12ClNO2Se. The van der Waals surface area contributed by atoms with E-state index in [1.54, 1.807) is 0 Å². The Morgan fingerprint density at radius 2 is 2.30 bits per heavy atom. The second-order valence-corrected chi connectivity index (χ2v) is 3.79. The van der Waals surface area contributed by atoms with Crippen molar-refractivity contribution in [3.05, 3.63) is 0 Å². The number of halogens is 1. The first kappa shape index (κ1) is 12.9. The van der Waals surface area contributed by atoms with Gasteiger partial charge in [-0.25, -0.2) is 0 Å². The van der Waals surface area contributed by atoms with Crippen molar-refractivity contribution in [1.29, 1.82) is 0 Å². The van der Waals surface area contributed by atoms with Gasteiger partial charge in [-0.2, -0.15) is 0 Å². The maximum absolute atomic E-state index is 10.1. The minimum Gasteiger partial charge on any atom is -0.147 e. The maximum atomic E-state index is 10.1. The van der Waals surface area contributed by atoms with Crippen molar-refractivity contribution in [3.63, 3.8) is 0 Å². The molecule has 0 aromatic rings. The summed E-state index contributed by atoms with van der Waals surface area (Å²) in [6.07, 6.45) is 0.617. The van der Waals surface area contributed by atoms with Gasteiger partial charge in [0.25, 0.3) is 0 Å². The van der Waals surface area contributed by atoms with E-state index in [0.717, 1.165) is 5.32 Å². The molecule has 0 amide bonds. The maximum Gasteiger partial charge on any atom is -0.147 e. The summed E-state index contributed by atoms with van der Waals surface area (Å²) in [5.74, 6) is 1.18. The van der Waals surface area contributed by atoms with E-state index in [0.29, 0.717) is 21.4 Å². The van der Waals surface area contributed by atoms with E-state index in [-0.39, 0.29) is 12.4 Å². The first-order valence-electron chi connectivity index (χ1n) is 2.65. The van der Waals surface area contributed by atoms with E-state index in [9.17, 15) is 4.79 Å². The van der Waals surface area contributed by atoms with Crippen molar-refractivity contribution in [3.8, 4) is 0 Å². The molecular weight excluding hydrogens is 220 g/mol. The van der Waals surface area contributed by atoms with Crippen LogP contribution >= 0.6 is 12.4 Å². The van der Waals surface area contributed by atoms with Gasteiger partial charge in [0.1, 0.15) is 0 Å². The molecule has 1 unspecified atom stereocenters. The van der Waals surface area contributed by atoms with Gasteiger partial charge in [-0.15, -0.1) is 12.4 Å². The zero-order valence-electron chi connectivity index (χ0n) is 5.74. The summed E-state index contributed by atoms with van der Waals surface area (Å²) in [6, 6.07) is -0.646. The van der Waals surface area contributed by atoms with Crippen molar-refractivity contribution in [1.82, 2.24) is 0 Å². The van der Waals surface area contributed by atoms with Gasteiger partial charge in [0.2, 0.25) is 0 Å². The van der Waals surface area contributed by atoms with Crippen LogP contribution < -0.4 is 5.73 Å². The van der Waals surface area contributed by atoms with Gasteiger partial charge in [-0.1, -0.05) is 0 Å². The molecule has 0 bridgehead atoms. The Hall–Kier alpha value is 0.239. The molecule has 62 valence electrons. The summed E-state index contributed by atoms with van der Waals surface area (Å²) in [7, 11) is 0. The molecule has 0 aliphatic carbocycles. The molecule has 3 nitrogen and oxygen atoms in total. The quantitative estimate of drug-likeness (QED) is 0.689. The van der Waals surface area contributed by atoms with Crippen LogP contribution in [0, 0.1) is 0 Å². The summed E-state index contributed by atoms with van der Waals surface area (Å²) in [5, 5.41) is 9.25. The monoisotopic (exact) mass is 233 g/mol. The van der Waals surface area contributed by atoms with Gasteiger partial charge < -0.3 is 0 Å². The molecule has 0 saturated heterocycles. The summed E-state index contributed by atoms with van der Waals surface area (Å²) in [6.45, 7) is 0. The number of aliphatic carboxylic acids is 1. The third kappa shape index (κ3) is 6.36. The molecule has 0 aromatic carbocycles. The Kier molecular flexibility index (Phi) is 9.46. The molecule has 0 spiro atoms. The predicted octanol–water partition coefficient (Wildman–Crippen LogP) is 0.381. The zero-order valence-corrected chi connectivity index (χ0v) is 8.27. The van der Waals surface area contributed by atoms with Gasteiger partial charge in [0, 0.05) is 0 Å². The molecule has 0 aliphatic heterocycles. The van der Waals surface area contributed by atoms with Crippen LogP contribution in [0.5, 0.6) is 0 Å². The van der Waals surface area contributed by atoms with Crippen LogP contribution in [0.3, 0.4) is 0 Å². The van der Waals surface area contributed by atoms with Crippen LogP contribution in [-0.2, 0) is 4.79 Å². The molecule has 1 atom stereocenters. The molecule has 0 saturated carbocycles. The predicted molar refractivity (Wildman–Crippen MR) is 43.9 cm³/mol. The fourth-order valence-electron chi connectivity index (χ4n) is 0.368. The molecule has 0 aromatic heterocycles. The third-order valence-corrected chi connectivity index (χ3v) is 2.30. The topological polar surface area (TPSA) is 63.3 Å². The fourth-order valence-corrected chi connectivity index (χ4v) is 1.40. The average Bonchev–Trinajstić information content (AvgIpc) is 1.82. The second-order valence-electron chi connectivity index (χ2n) is 1.73.